The fourth-order valence-electron chi connectivity index (χ4n) is 4.11. The van der Waals surface area contributed by atoms with Gasteiger partial charge < -0.3 is 14.4 Å². The van der Waals surface area contributed by atoms with Gasteiger partial charge in [0.25, 0.3) is 0 Å². The van der Waals surface area contributed by atoms with E-state index in [0.29, 0.717) is 5.56 Å². The van der Waals surface area contributed by atoms with Crippen molar-refractivity contribution in [1.29, 1.82) is 0 Å². The first kappa shape index (κ1) is 20.7. The molecule has 0 saturated heterocycles. The molecule has 0 atom stereocenters. The molecular weight excluding hydrogens is 388 g/mol. The molecular formula is C26H27N2O3+. The van der Waals surface area contributed by atoms with Crippen LogP contribution in [0.15, 0.2) is 65.1 Å². The van der Waals surface area contributed by atoms with Crippen LogP contribution in [0.2, 0.25) is 0 Å². The van der Waals surface area contributed by atoms with Gasteiger partial charge in [-0.05, 0) is 43.7 Å². The average molecular weight is 416 g/mol. The third-order valence-corrected chi connectivity index (χ3v) is 5.76. The fraction of sp³-hybridized carbons (Fsp3) is 0.231. The molecule has 158 valence electrons. The molecule has 5 nitrogen and oxygen atoms in total. The van der Waals surface area contributed by atoms with E-state index in [-0.39, 0.29) is 5.56 Å². The Morgan fingerprint density at radius 3 is 2.39 bits per heavy atom. The molecule has 2 aliphatic rings. The summed E-state index contributed by atoms with van der Waals surface area (Å²) in [6.45, 7) is 6.05. The number of benzene rings is 3. The maximum atomic E-state index is 12.0. The summed E-state index contributed by atoms with van der Waals surface area (Å²) in [5.74, 6) is -0.215. The van der Waals surface area contributed by atoms with Gasteiger partial charge in [-0.3, -0.25) is 0 Å². The van der Waals surface area contributed by atoms with Crippen LogP contribution in [0.3, 0.4) is 0 Å². The molecule has 1 heterocycles. The SMILES string of the molecule is CCN(CC)c1ccc2c(-c3ccccc3C(=O)O)c3ccc(=[N+](C)C)cc-3oc2c1. The Morgan fingerprint density at radius 1 is 0.968 bits per heavy atom. The first-order chi connectivity index (χ1) is 14.9. The highest BCUT2D eigenvalue weighted by molar-refractivity contribution is 6.07. The van der Waals surface area contributed by atoms with E-state index in [1.807, 2.05) is 55.1 Å². The molecule has 0 saturated carbocycles. The zero-order chi connectivity index (χ0) is 22.1. The second-order valence-electron chi connectivity index (χ2n) is 7.76. The first-order valence-electron chi connectivity index (χ1n) is 10.5. The lowest BCUT2D eigenvalue weighted by atomic mass is 9.90. The van der Waals surface area contributed by atoms with Crippen molar-refractivity contribution >= 4 is 22.6 Å². The van der Waals surface area contributed by atoms with Gasteiger partial charge in [-0.15, -0.1) is 0 Å². The maximum Gasteiger partial charge on any atom is 0.336 e. The Bertz CT molecular complexity index is 1310. The second-order valence-corrected chi connectivity index (χ2v) is 7.76. The lowest BCUT2D eigenvalue weighted by Crippen LogP contribution is -2.21. The van der Waals surface area contributed by atoms with Crippen molar-refractivity contribution in [2.24, 2.45) is 0 Å². The first-order valence-corrected chi connectivity index (χ1v) is 10.5. The number of carboxylic acid groups (broad SMARTS) is 1. The van der Waals surface area contributed by atoms with E-state index in [1.165, 1.54) is 0 Å². The van der Waals surface area contributed by atoms with E-state index in [4.69, 9.17) is 4.42 Å². The summed E-state index contributed by atoms with van der Waals surface area (Å²) in [5.41, 5.74) is 4.56. The third kappa shape index (κ3) is 3.67. The number of carboxylic acids is 1. The third-order valence-electron chi connectivity index (χ3n) is 5.76. The summed E-state index contributed by atoms with van der Waals surface area (Å²) in [4.78, 5) is 14.3. The maximum absolute atomic E-state index is 12.0. The summed E-state index contributed by atoms with van der Waals surface area (Å²) in [6.07, 6.45) is 0. The molecule has 2 aromatic rings. The van der Waals surface area contributed by atoms with Crippen LogP contribution in [0.5, 0.6) is 0 Å². The van der Waals surface area contributed by atoms with E-state index < -0.39 is 5.97 Å². The quantitative estimate of drug-likeness (QED) is 0.376. The van der Waals surface area contributed by atoms with Gasteiger partial charge >= 0.3 is 5.97 Å². The number of fused-ring (bicyclic) bond motifs is 2. The van der Waals surface area contributed by atoms with Gasteiger partial charge in [-0.1, -0.05) is 18.2 Å². The Hall–Kier alpha value is -3.60. The monoisotopic (exact) mass is 415 g/mol. The number of aromatic carboxylic acids is 1. The number of carbonyl (C=O) groups is 1. The second kappa shape index (κ2) is 8.26. The van der Waals surface area contributed by atoms with Crippen molar-refractivity contribution in [2.75, 3.05) is 32.1 Å². The van der Waals surface area contributed by atoms with Crippen LogP contribution in [0.4, 0.5) is 5.69 Å². The largest absolute Gasteiger partial charge is 0.478 e. The molecule has 0 bridgehead atoms. The molecule has 1 N–H and O–H groups in total. The van der Waals surface area contributed by atoms with Crippen LogP contribution in [0.1, 0.15) is 24.2 Å². The average Bonchev–Trinajstić information content (AvgIpc) is 2.77. The molecule has 0 radical (unpaired) electrons. The zero-order valence-corrected chi connectivity index (χ0v) is 18.3. The summed E-state index contributed by atoms with van der Waals surface area (Å²) < 4.78 is 8.40. The predicted molar refractivity (Wildman–Crippen MR) is 126 cm³/mol. The molecule has 2 aromatic carbocycles. The van der Waals surface area contributed by atoms with Crippen LogP contribution in [0, 0.1) is 0 Å². The van der Waals surface area contributed by atoms with Crippen LogP contribution in [0.25, 0.3) is 33.4 Å². The number of anilines is 1. The van der Waals surface area contributed by atoms with Crippen molar-refractivity contribution in [3.8, 4) is 22.5 Å². The van der Waals surface area contributed by atoms with Gasteiger partial charge in [0.15, 0.2) is 0 Å². The minimum Gasteiger partial charge on any atom is -0.478 e. The topological polar surface area (TPSA) is 56.7 Å². The normalized spacial score (nSPS) is 11.1. The van der Waals surface area contributed by atoms with Gasteiger partial charge in [0.2, 0.25) is 5.36 Å². The summed E-state index contributed by atoms with van der Waals surface area (Å²) in [7, 11) is 3.97. The van der Waals surface area contributed by atoms with E-state index in [0.717, 1.165) is 52.0 Å². The van der Waals surface area contributed by atoms with Gasteiger partial charge in [0.1, 0.15) is 25.4 Å². The van der Waals surface area contributed by atoms with E-state index in [1.54, 1.807) is 12.1 Å². The highest BCUT2D eigenvalue weighted by Gasteiger charge is 2.22. The number of hydrogen-bond donors (Lipinski definition) is 1. The molecule has 31 heavy (non-hydrogen) atoms. The lowest BCUT2D eigenvalue weighted by molar-refractivity contribution is 0.0697. The standard InChI is InChI=1S/C26H26N2O3/c1-5-28(6-2)18-12-14-22-24(16-18)31-23-15-17(27(3)4)11-13-21(23)25(22)19-9-7-8-10-20(19)26(29)30/h7-16H,5-6H2,1-4H3/p+1. The number of nitrogens with zero attached hydrogens (tertiary/aromatic N) is 2. The van der Waals surface area contributed by atoms with Crippen molar-refractivity contribution in [3.63, 3.8) is 0 Å². The molecule has 1 aliphatic heterocycles. The molecule has 0 spiro atoms. The molecule has 5 heteroatoms. The predicted octanol–water partition coefficient (Wildman–Crippen LogP) is 4.78. The Labute approximate surface area is 181 Å². The van der Waals surface area contributed by atoms with Crippen LogP contribution in [-0.2, 0) is 0 Å². The molecule has 0 aromatic heterocycles. The highest BCUT2D eigenvalue weighted by Crippen LogP contribution is 2.41. The lowest BCUT2D eigenvalue weighted by Gasteiger charge is -2.22. The van der Waals surface area contributed by atoms with Gasteiger partial charge in [0.05, 0.1) is 11.6 Å². The number of rotatable bonds is 5. The Kier molecular flexibility index (Phi) is 5.51. The van der Waals surface area contributed by atoms with Crippen LogP contribution >= 0.6 is 0 Å². The van der Waals surface area contributed by atoms with E-state index in [2.05, 4.69) is 30.9 Å². The fourth-order valence-corrected chi connectivity index (χ4v) is 4.11. The van der Waals surface area contributed by atoms with Crippen molar-refractivity contribution in [2.45, 2.75) is 13.8 Å². The van der Waals surface area contributed by atoms with Gasteiger partial charge in [-0.25, -0.2) is 9.37 Å². The Balaban J connectivity index is 2.14. The van der Waals surface area contributed by atoms with Crippen LogP contribution < -0.4 is 14.8 Å². The molecule has 0 amide bonds. The van der Waals surface area contributed by atoms with Crippen molar-refractivity contribution < 1.29 is 14.3 Å². The molecule has 0 fully saturated rings. The zero-order valence-electron chi connectivity index (χ0n) is 18.3. The molecule has 1 aliphatic carbocycles. The molecule has 4 rings (SSSR count). The van der Waals surface area contributed by atoms with Gasteiger partial charge in [0, 0.05) is 47.4 Å². The molecule has 0 unspecified atom stereocenters. The van der Waals surface area contributed by atoms with E-state index >= 15 is 0 Å². The minimum atomic E-state index is -0.942. The minimum absolute atomic E-state index is 0.279. The van der Waals surface area contributed by atoms with Crippen LogP contribution in [-0.4, -0.2) is 38.3 Å². The summed E-state index contributed by atoms with van der Waals surface area (Å²) >= 11 is 0. The Morgan fingerprint density at radius 2 is 1.71 bits per heavy atom. The highest BCUT2D eigenvalue weighted by atomic mass is 16.4. The van der Waals surface area contributed by atoms with E-state index in [9.17, 15) is 9.90 Å². The number of hydrogen-bond acceptors (Lipinski definition) is 3. The van der Waals surface area contributed by atoms with Crippen molar-refractivity contribution in [3.05, 3.63) is 71.6 Å². The van der Waals surface area contributed by atoms with Gasteiger partial charge in [-0.2, -0.15) is 0 Å². The van der Waals surface area contributed by atoms with Crippen molar-refractivity contribution in [1.82, 2.24) is 4.58 Å². The summed E-state index contributed by atoms with van der Waals surface area (Å²) in [5, 5.41) is 11.8. The summed E-state index contributed by atoms with van der Waals surface area (Å²) in [6, 6.07) is 19.4. The smallest absolute Gasteiger partial charge is 0.336 e.